The van der Waals surface area contributed by atoms with E-state index in [2.05, 4.69) is 4.98 Å². The molecule has 0 spiro atoms. The molecule has 1 aliphatic carbocycles. The molecule has 1 aromatic heterocycles. The molecule has 3 heteroatoms. The minimum absolute atomic E-state index is 0.0562. The van der Waals surface area contributed by atoms with Gasteiger partial charge in [-0.05, 0) is 32.6 Å². The van der Waals surface area contributed by atoms with Crippen LogP contribution in [0.15, 0.2) is 4.79 Å². The van der Waals surface area contributed by atoms with E-state index < -0.39 is 0 Å². The van der Waals surface area contributed by atoms with E-state index in [0.717, 1.165) is 24.2 Å². The van der Waals surface area contributed by atoms with Gasteiger partial charge in [0, 0.05) is 12.7 Å². The van der Waals surface area contributed by atoms with Crippen LogP contribution in [0.2, 0.25) is 0 Å². The van der Waals surface area contributed by atoms with E-state index in [1.165, 1.54) is 12.8 Å². The van der Waals surface area contributed by atoms with Crippen LogP contribution in [0.4, 0.5) is 0 Å². The van der Waals surface area contributed by atoms with Crippen LogP contribution in [-0.4, -0.2) is 9.55 Å². The van der Waals surface area contributed by atoms with Gasteiger partial charge in [-0.2, -0.15) is 0 Å². The highest BCUT2D eigenvalue weighted by atomic mass is 16.1. The van der Waals surface area contributed by atoms with Gasteiger partial charge >= 0.3 is 0 Å². The fourth-order valence-electron chi connectivity index (χ4n) is 1.97. The second-order valence-electron chi connectivity index (χ2n) is 3.66. The molecular formula is C12H20N2O. The van der Waals surface area contributed by atoms with Crippen molar-refractivity contribution in [1.82, 2.24) is 9.55 Å². The molecule has 0 saturated heterocycles. The standard InChI is InChI=1S/C10H14N2O.C2H6/c1-7-10(13)12(2)9-6-4-3-5-8(9)11-7;1-2/h3-6H2,1-2H3;1-2H3. The Balaban J connectivity index is 0.000000531. The number of aryl methyl sites for hydroxylation is 2. The summed E-state index contributed by atoms with van der Waals surface area (Å²) in [5.41, 5.74) is 2.96. The molecule has 0 fully saturated rings. The first kappa shape index (κ1) is 12.0. The molecule has 0 N–H and O–H groups in total. The quantitative estimate of drug-likeness (QED) is 0.653. The molecule has 0 unspecified atom stereocenters. The zero-order valence-corrected chi connectivity index (χ0v) is 10.1. The number of aromatic nitrogens is 2. The Hall–Kier alpha value is -1.12. The van der Waals surface area contributed by atoms with Crippen LogP contribution in [0, 0.1) is 6.92 Å². The molecule has 0 atom stereocenters. The van der Waals surface area contributed by atoms with Gasteiger partial charge in [0.2, 0.25) is 0 Å². The van der Waals surface area contributed by atoms with Gasteiger partial charge in [0.25, 0.3) is 5.56 Å². The number of nitrogens with zero attached hydrogens (tertiary/aromatic N) is 2. The van der Waals surface area contributed by atoms with E-state index >= 15 is 0 Å². The number of rotatable bonds is 0. The van der Waals surface area contributed by atoms with Gasteiger partial charge in [-0.1, -0.05) is 13.8 Å². The number of hydrogen-bond donors (Lipinski definition) is 0. The van der Waals surface area contributed by atoms with Crippen molar-refractivity contribution in [2.75, 3.05) is 0 Å². The fourth-order valence-corrected chi connectivity index (χ4v) is 1.97. The maximum Gasteiger partial charge on any atom is 0.271 e. The zero-order chi connectivity index (χ0) is 11.4. The van der Waals surface area contributed by atoms with Crippen molar-refractivity contribution in [2.24, 2.45) is 7.05 Å². The van der Waals surface area contributed by atoms with Crippen LogP contribution >= 0.6 is 0 Å². The second kappa shape index (κ2) is 5.10. The largest absolute Gasteiger partial charge is 0.312 e. The van der Waals surface area contributed by atoms with E-state index in [9.17, 15) is 4.79 Å². The number of fused-ring (bicyclic) bond motifs is 1. The lowest BCUT2D eigenvalue weighted by atomic mass is 10.00. The van der Waals surface area contributed by atoms with Gasteiger partial charge in [-0.25, -0.2) is 0 Å². The Kier molecular flexibility index (Phi) is 4.06. The topological polar surface area (TPSA) is 34.9 Å². The highest BCUT2D eigenvalue weighted by Gasteiger charge is 2.15. The van der Waals surface area contributed by atoms with Gasteiger partial charge in [0.1, 0.15) is 5.69 Å². The average molecular weight is 208 g/mol. The summed E-state index contributed by atoms with van der Waals surface area (Å²) in [6.07, 6.45) is 4.43. The van der Waals surface area contributed by atoms with Gasteiger partial charge in [0.05, 0.1) is 5.69 Å². The first-order valence-electron chi connectivity index (χ1n) is 5.75. The normalized spacial score (nSPS) is 13.9. The summed E-state index contributed by atoms with van der Waals surface area (Å²) in [4.78, 5) is 15.9. The van der Waals surface area contributed by atoms with Gasteiger partial charge in [-0.3, -0.25) is 9.78 Å². The molecule has 0 amide bonds. The molecule has 0 aromatic carbocycles. The second-order valence-corrected chi connectivity index (χ2v) is 3.66. The smallest absolute Gasteiger partial charge is 0.271 e. The molecule has 3 nitrogen and oxygen atoms in total. The third-order valence-electron chi connectivity index (χ3n) is 2.73. The fraction of sp³-hybridized carbons (Fsp3) is 0.667. The van der Waals surface area contributed by atoms with Gasteiger partial charge < -0.3 is 4.57 Å². The lowest BCUT2D eigenvalue weighted by molar-refractivity contribution is 0.599. The molecule has 0 radical (unpaired) electrons. The Morgan fingerprint density at radius 1 is 1.20 bits per heavy atom. The predicted molar refractivity (Wildman–Crippen MR) is 62.2 cm³/mol. The van der Waals surface area contributed by atoms with Crippen molar-refractivity contribution in [3.05, 3.63) is 27.4 Å². The van der Waals surface area contributed by atoms with Crippen LogP contribution < -0.4 is 5.56 Å². The maximum absolute atomic E-state index is 11.5. The van der Waals surface area contributed by atoms with Crippen molar-refractivity contribution >= 4 is 0 Å². The molecule has 1 aromatic rings. The summed E-state index contributed by atoms with van der Waals surface area (Å²) in [7, 11) is 1.85. The molecule has 84 valence electrons. The van der Waals surface area contributed by atoms with Crippen molar-refractivity contribution < 1.29 is 0 Å². The molecule has 1 aliphatic rings. The highest BCUT2D eigenvalue weighted by molar-refractivity contribution is 5.18. The van der Waals surface area contributed by atoms with E-state index in [0.29, 0.717) is 5.69 Å². The van der Waals surface area contributed by atoms with Crippen molar-refractivity contribution in [3.8, 4) is 0 Å². The first-order chi connectivity index (χ1) is 7.20. The molecule has 0 bridgehead atoms. The van der Waals surface area contributed by atoms with Crippen molar-refractivity contribution in [1.29, 1.82) is 0 Å². The Bertz CT molecular complexity index is 393. The maximum atomic E-state index is 11.5. The van der Waals surface area contributed by atoms with Gasteiger partial charge in [-0.15, -0.1) is 0 Å². The summed E-state index contributed by atoms with van der Waals surface area (Å²) < 4.78 is 1.76. The SMILES string of the molecule is CC.Cc1nc2c(n(C)c1=O)CCCC2. The van der Waals surface area contributed by atoms with Crippen LogP contribution in [0.3, 0.4) is 0 Å². The molecule has 15 heavy (non-hydrogen) atoms. The summed E-state index contributed by atoms with van der Waals surface area (Å²) in [5.74, 6) is 0. The predicted octanol–water partition coefficient (Wildman–Crippen LogP) is 1.99. The minimum atomic E-state index is 0.0562. The third-order valence-corrected chi connectivity index (χ3v) is 2.73. The van der Waals surface area contributed by atoms with E-state index in [1.54, 1.807) is 11.5 Å². The summed E-state index contributed by atoms with van der Waals surface area (Å²) >= 11 is 0. The zero-order valence-electron chi connectivity index (χ0n) is 10.1. The van der Waals surface area contributed by atoms with Crippen LogP contribution in [0.25, 0.3) is 0 Å². The first-order valence-corrected chi connectivity index (χ1v) is 5.75. The number of hydrogen-bond acceptors (Lipinski definition) is 2. The van der Waals surface area contributed by atoms with Crippen LogP contribution in [0.1, 0.15) is 43.8 Å². The summed E-state index contributed by atoms with van der Waals surface area (Å²) in [6.45, 7) is 5.79. The Labute approximate surface area is 91.2 Å². The lowest BCUT2D eigenvalue weighted by Gasteiger charge is -2.18. The van der Waals surface area contributed by atoms with Crippen LogP contribution in [0.5, 0.6) is 0 Å². The van der Waals surface area contributed by atoms with E-state index in [1.807, 2.05) is 20.9 Å². The van der Waals surface area contributed by atoms with Gasteiger partial charge in [0.15, 0.2) is 0 Å². The summed E-state index contributed by atoms with van der Waals surface area (Å²) in [6, 6.07) is 0. The molecule has 1 heterocycles. The molecular weight excluding hydrogens is 188 g/mol. The Morgan fingerprint density at radius 2 is 1.80 bits per heavy atom. The lowest BCUT2D eigenvalue weighted by Crippen LogP contribution is -2.27. The van der Waals surface area contributed by atoms with E-state index in [-0.39, 0.29) is 5.56 Å². The molecule has 0 saturated carbocycles. The van der Waals surface area contributed by atoms with Crippen molar-refractivity contribution in [3.63, 3.8) is 0 Å². The van der Waals surface area contributed by atoms with Crippen LogP contribution in [-0.2, 0) is 19.9 Å². The average Bonchev–Trinajstić information content (AvgIpc) is 2.29. The van der Waals surface area contributed by atoms with Crippen molar-refractivity contribution in [2.45, 2.75) is 46.5 Å². The summed E-state index contributed by atoms with van der Waals surface area (Å²) in [5, 5.41) is 0. The highest BCUT2D eigenvalue weighted by Crippen LogP contribution is 2.17. The third kappa shape index (κ3) is 2.28. The minimum Gasteiger partial charge on any atom is -0.312 e. The Morgan fingerprint density at radius 3 is 2.47 bits per heavy atom. The monoisotopic (exact) mass is 208 g/mol. The molecule has 0 aliphatic heterocycles. The van der Waals surface area contributed by atoms with E-state index in [4.69, 9.17) is 0 Å². The molecule has 2 rings (SSSR count).